The van der Waals surface area contributed by atoms with E-state index in [9.17, 15) is 4.79 Å². The van der Waals surface area contributed by atoms with Crippen molar-refractivity contribution in [2.24, 2.45) is 0 Å². The molecule has 0 heterocycles. The van der Waals surface area contributed by atoms with Gasteiger partial charge in [-0.15, -0.1) is 0 Å². The largest absolute Gasteiger partial charge is 0.490 e. The molecule has 0 aliphatic carbocycles. The first kappa shape index (κ1) is 10.8. The van der Waals surface area contributed by atoms with Crippen LogP contribution in [0, 0.1) is 0 Å². The third kappa shape index (κ3) is 3.24. The summed E-state index contributed by atoms with van der Waals surface area (Å²) in [6.07, 6.45) is 0.315. The van der Waals surface area contributed by atoms with E-state index in [1.165, 1.54) is 0 Å². The standard InChI is InChI=1S/C9H10ClNO3/c10-8-3-1-2-4-9(8)14-6-5-11(13)7-12/h1-4,7,13H,5-6H2. The van der Waals surface area contributed by atoms with E-state index >= 15 is 0 Å². The van der Waals surface area contributed by atoms with Crippen molar-refractivity contribution in [2.75, 3.05) is 13.2 Å². The topological polar surface area (TPSA) is 49.8 Å². The van der Waals surface area contributed by atoms with Crippen molar-refractivity contribution in [3.63, 3.8) is 0 Å². The first-order valence-corrected chi connectivity index (χ1v) is 4.40. The first-order chi connectivity index (χ1) is 6.74. The minimum atomic E-state index is 0.106. The number of amides is 1. The Morgan fingerprint density at radius 2 is 2.21 bits per heavy atom. The predicted octanol–water partition coefficient (Wildman–Crippen LogP) is 1.57. The summed E-state index contributed by atoms with van der Waals surface area (Å²) in [7, 11) is 0. The Kier molecular flexibility index (Phi) is 4.22. The number of ether oxygens (including phenoxy) is 1. The second-order valence-corrected chi connectivity index (χ2v) is 2.95. The lowest BCUT2D eigenvalue weighted by atomic mass is 10.3. The second-order valence-electron chi connectivity index (χ2n) is 2.55. The van der Waals surface area contributed by atoms with Gasteiger partial charge in [-0.1, -0.05) is 23.7 Å². The van der Waals surface area contributed by atoms with Crippen LogP contribution in [0.4, 0.5) is 0 Å². The van der Waals surface area contributed by atoms with Gasteiger partial charge in [0.25, 0.3) is 0 Å². The molecule has 14 heavy (non-hydrogen) atoms. The molecule has 0 saturated carbocycles. The monoisotopic (exact) mass is 215 g/mol. The number of hydroxylamine groups is 2. The van der Waals surface area contributed by atoms with Crippen LogP contribution in [-0.4, -0.2) is 29.8 Å². The van der Waals surface area contributed by atoms with Crippen molar-refractivity contribution in [2.45, 2.75) is 0 Å². The van der Waals surface area contributed by atoms with Gasteiger partial charge in [0.15, 0.2) is 0 Å². The van der Waals surface area contributed by atoms with Crippen molar-refractivity contribution in [1.29, 1.82) is 0 Å². The minimum Gasteiger partial charge on any atom is -0.490 e. The fourth-order valence-corrected chi connectivity index (χ4v) is 1.05. The van der Waals surface area contributed by atoms with E-state index in [4.69, 9.17) is 21.5 Å². The van der Waals surface area contributed by atoms with Crippen LogP contribution >= 0.6 is 11.6 Å². The summed E-state index contributed by atoms with van der Waals surface area (Å²) in [6, 6.07) is 6.99. The number of nitrogens with zero attached hydrogens (tertiary/aromatic N) is 1. The molecule has 1 amide bonds. The molecule has 0 unspecified atom stereocenters. The SMILES string of the molecule is O=CN(O)CCOc1ccccc1Cl. The van der Waals surface area contributed by atoms with Crippen LogP contribution in [0.15, 0.2) is 24.3 Å². The molecule has 0 saturated heterocycles. The molecule has 1 rings (SSSR count). The molecule has 5 heteroatoms. The zero-order valence-electron chi connectivity index (χ0n) is 7.39. The molecule has 1 aromatic carbocycles. The number of para-hydroxylation sites is 1. The van der Waals surface area contributed by atoms with Crippen molar-refractivity contribution in [1.82, 2.24) is 5.06 Å². The van der Waals surface area contributed by atoms with Crippen LogP contribution < -0.4 is 4.74 Å². The maximum absolute atomic E-state index is 10.0. The molecule has 76 valence electrons. The summed E-state index contributed by atoms with van der Waals surface area (Å²) >= 11 is 5.80. The smallest absolute Gasteiger partial charge is 0.233 e. The van der Waals surface area contributed by atoms with Gasteiger partial charge < -0.3 is 4.74 Å². The average molecular weight is 216 g/mol. The number of hydrogen-bond donors (Lipinski definition) is 1. The summed E-state index contributed by atoms with van der Waals surface area (Å²) in [5, 5.41) is 9.77. The molecule has 0 bridgehead atoms. The van der Waals surface area contributed by atoms with Gasteiger partial charge in [0.2, 0.25) is 6.41 Å². The van der Waals surface area contributed by atoms with Crippen molar-refractivity contribution >= 4 is 18.0 Å². The zero-order chi connectivity index (χ0) is 10.4. The van der Waals surface area contributed by atoms with Crippen LogP contribution in [0.25, 0.3) is 0 Å². The molecule has 0 radical (unpaired) electrons. The van der Waals surface area contributed by atoms with E-state index in [0.29, 0.717) is 22.2 Å². The van der Waals surface area contributed by atoms with Crippen LogP contribution in [0.2, 0.25) is 5.02 Å². The van der Waals surface area contributed by atoms with Crippen LogP contribution in [0.3, 0.4) is 0 Å². The van der Waals surface area contributed by atoms with Gasteiger partial charge in [0, 0.05) is 0 Å². The summed E-state index contributed by atoms with van der Waals surface area (Å²) < 4.78 is 5.22. The summed E-state index contributed by atoms with van der Waals surface area (Å²) in [5.74, 6) is 0.536. The number of carbonyl (C=O) groups excluding carboxylic acids is 1. The summed E-state index contributed by atoms with van der Waals surface area (Å²) in [5.41, 5.74) is 0. The van der Waals surface area contributed by atoms with Crippen molar-refractivity contribution < 1.29 is 14.7 Å². The van der Waals surface area contributed by atoms with Gasteiger partial charge in [0.1, 0.15) is 12.4 Å². The molecular formula is C9H10ClNO3. The molecule has 4 nitrogen and oxygen atoms in total. The molecule has 0 aromatic heterocycles. The fraction of sp³-hybridized carbons (Fsp3) is 0.222. The molecule has 0 spiro atoms. The maximum atomic E-state index is 10.0. The Hall–Kier alpha value is -1.26. The Bertz CT molecular complexity index is 306. The van der Waals surface area contributed by atoms with E-state index in [2.05, 4.69) is 0 Å². The predicted molar refractivity (Wildman–Crippen MR) is 51.5 cm³/mol. The highest BCUT2D eigenvalue weighted by Gasteiger charge is 2.00. The molecule has 1 N–H and O–H groups in total. The third-order valence-corrected chi connectivity index (χ3v) is 1.85. The normalized spacial score (nSPS) is 9.57. The molecule has 0 aliphatic rings. The number of rotatable bonds is 5. The van der Waals surface area contributed by atoms with Gasteiger partial charge in [0.05, 0.1) is 11.6 Å². The third-order valence-electron chi connectivity index (χ3n) is 1.54. The van der Waals surface area contributed by atoms with Gasteiger partial charge in [-0.3, -0.25) is 10.0 Å². The number of hydrogen-bond acceptors (Lipinski definition) is 3. The van der Waals surface area contributed by atoms with Gasteiger partial charge >= 0.3 is 0 Å². The molecule has 0 atom stereocenters. The average Bonchev–Trinajstić information content (AvgIpc) is 2.20. The number of carbonyl (C=O) groups is 1. The van der Waals surface area contributed by atoms with Crippen molar-refractivity contribution in [3.8, 4) is 5.75 Å². The van der Waals surface area contributed by atoms with Crippen LogP contribution in [-0.2, 0) is 4.79 Å². The van der Waals surface area contributed by atoms with Crippen LogP contribution in [0.5, 0.6) is 5.75 Å². The molecule has 1 aromatic rings. The highest BCUT2D eigenvalue weighted by molar-refractivity contribution is 6.32. The van der Waals surface area contributed by atoms with E-state index in [1.807, 2.05) is 0 Å². The Morgan fingerprint density at radius 3 is 2.86 bits per heavy atom. The first-order valence-electron chi connectivity index (χ1n) is 4.02. The number of halogens is 1. The Balaban J connectivity index is 2.38. The lowest BCUT2D eigenvalue weighted by Gasteiger charge is -2.10. The molecule has 0 aliphatic heterocycles. The van der Waals surface area contributed by atoms with E-state index in [0.717, 1.165) is 0 Å². The summed E-state index contributed by atoms with van der Waals surface area (Å²) in [4.78, 5) is 10.0. The maximum Gasteiger partial charge on any atom is 0.233 e. The fourth-order valence-electron chi connectivity index (χ4n) is 0.864. The van der Waals surface area contributed by atoms with Gasteiger partial charge in [-0.2, -0.15) is 0 Å². The summed E-state index contributed by atoms with van der Waals surface area (Å²) in [6.45, 7) is 0.299. The van der Waals surface area contributed by atoms with E-state index < -0.39 is 0 Å². The Labute approximate surface area is 86.6 Å². The van der Waals surface area contributed by atoms with Crippen molar-refractivity contribution in [3.05, 3.63) is 29.3 Å². The number of benzene rings is 1. The lowest BCUT2D eigenvalue weighted by Crippen LogP contribution is -2.23. The highest BCUT2D eigenvalue weighted by atomic mass is 35.5. The van der Waals surface area contributed by atoms with E-state index in [-0.39, 0.29) is 13.2 Å². The second kappa shape index (κ2) is 5.47. The van der Waals surface area contributed by atoms with Crippen LogP contribution in [0.1, 0.15) is 0 Å². The lowest BCUT2D eigenvalue weighted by molar-refractivity contribution is -0.150. The molecule has 0 fully saturated rings. The van der Waals surface area contributed by atoms with E-state index in [1.54, 1.807) is 24.3 Å². The van der Waals surface area contributed by atoms with Gasteiger partial charge in [-0.05, 0) is 12.1 Å². The van der Waals surface area contributed by atoms with Gasteiger partial charge in [-0.25, -0.2) is 5.06 Å². The zero-order valence-corrected chi connectivity index (χ0v) is 8.15. The molecular weight excluding hydrogens is 206 g/mol. The Morgan fingerprint density at radius 1 is 1.50 bits per heavy atom. The minimum absolute atomic E-state index is 0.106. The quantitative estimate of drug-likeness (QED) is 0.461. The highest BCUT2D eigenvalue weighted by Crippen LogP contribution is 2.22.